The quantitative estimate of drug-likeness (QED) is 0.287. The van der Waals surface area contributed by atoms with Gasteiger partial charge in [0.05, 0.1) is 7.11 Å². The maximum Gasteiger partial charge on any atom is 0.431 e. The number of aromatic hydroxyl groups is 1. The molecule has 2 heterocycles. The fraction of sp³-hybridized carbons (Fsp3) is 0.103. The van der Waals surface area contributed by atoms with Crippen LogP contribution >= 0.6 is 0 Å². The minimum atomic E-state index is -5.07. The number of hydrogen-bond acceptors (Lipinski definition) is 4. The molecule has 9 heteroatoms. The molecular formula is C29H22F3N2O4+. The van der Waals surface area contributed by atoms with Gasteiger partial charge in [-0.1, -0.05) is 42.5 Å². The van der Waals surface area contributed by atoms with Gasteiger partial charge in [0.15, 0.2) is 0 Å². The molecule has 0 atom stereocenters. The molecule has 0 aliphatic heterocycles. The largest absolute Gasteiger partial charge is 0.497 e. The Kier molecular flexibility index (Phi) is 6.50. The molecule has 6 nitrogen and oxygen atoms in total. The van der Waals surface area contributed by atoms with Gasteiger partial charge in [0, 0.05) is 11.6 Å². The molecule has 5 rings (SSSR count). The van der Waals surface area contributed by atoms with Crippen molar-refractivity contribution in [1.82, 2.24) is 4.40 Å². The van der Waals surface area contributed by atoms with Crippen LogP contribution < -0.4 is 19.6 Å². The summed E-state index contributed by atoms with van der Waals surface area (Å²) in [5, 5.41) is 10.7. The lowest BCUT2D eigenvalue weighted by Gasteiger charge is -2.14. The predicted molar refractivity (Wildman–Crippen MR) is 135 cm³/mol. The van der Waals surface area contributed by atoms with Gasteiger partial charge in [-0.3, -0.25) is 0 Å². The van der Waals surface area contributed by atoms with Crippen LogP contribution in [0.25, 0.3) is 16.9 Å². The second kappa shape index (κ2) is 9.93. The van der Waals surface area contributed by atoms with Crippen LogP contribution in [-0.4, -0.2) is 16.6 Å². The number of ether oxygens (including phenoxy) is 2. The van der Waals surface area contributed by atoms with Crippen molar-refractivity contribution in [3.05, 3.63) is 119 Å². The molecule has 3 aromatic carbocycles. The fourth-order valence-electron chi connectivity index (χ4n) is 4.24. The summed E-state index contributed by atoms with van der Waals surface area (Å²) < 4.78 is 55.0. The highest BCUT2D eigenvalue weighted by atomic mass is 19.4. The van der Waals surface area contributed by atoms with E-state index < -0.39 is 23.2 Å². The van der Waals surface area contributed by atoms with E-state index in [1.165, 1.54) is 6.07 Å². The van der Waals surface area contributed by atoms with Crippen molar-refractivity contribution in [3.63, 3.8) is 0 Å². The molecule has 0 aliphatic rings. The van der Waals surface area contributed by atoms with Gasteiger partial charge in [0.25, 0.3) is 5.65 Å². The lowest BCUT2D eigenvalue weighted by Crippen LogP contribution is -2.44. The lowest BCUT2D eigenvalue weighted by atomic mass is 10.1. The molecule has 1 N–H and O–H groups in total. The first kappa shape index (κ1) is 24.9. The van der Waals surface area contributed by atoms with Gasteiger partial charge in [-0.05, 0) is 54.1 Å². The maximum atomic E-state index is 14.0. The van der Waals surface area contributed by atoms with Gasteiger partial charge >= 0.3 is 17.6 Å². The molecule has 0 bridgehead atoms. The summed E-state index contributed by atoms with van der Waals surface area (Å²) in [6.45, 7) is -0.125. The van der Waals surface area contributed by atoms with Gasteiger partial charge in [-0.25, -0.2) is 4.79 Å². The third-order valence-corrected chi connectivity index (χ3v) is 6.05. The molecule has 0 fully saturated rings. The molecule has 192 valence electrons. The van der Waals surface area contributed by atoms with Gasteiger partial charge in [0.2, 0.25) is 5.56 Å². The zero-order chi connectivity index (χ0) is 26.9. The number of nitrogens with zero attached hydrogens (tertiary/aromatic N) is 2. The van der Waals surface area contributed by atoms with Crippen LogP contribution in [0, 0.1) is 0 Å². The molecule has 0 radical (unpaired) electrons. The SMILES string of the molecule is COc1ccc(Oc2ccc(C[n+]3c(O)c(C(F)(F)F)c(=O)n4c(-c5ccccc5)cccc43)cc2)cc1. The summed E-state index contributed by atoms with van der Waals surface area (Å²) in [4.78, 5) is 13.1. The maximum absolute atomic E-state index is 14.0. The summed E-state index contributed by atoms with van der Waals surface area (Å²) in [7, 11) is 1.57. The lowest BCUT2D eigenvalue weighted by molar-refractivity contribution is -0.673. The van der Waals surface area contributed by atoms with Crippen molar-refractivity contribution in [2.24, 2.45) is 0 Å². The molecule has 2 aromatic heterocycles. The number of halogens is 3. The first-order valence-corrected chi connectivity index (χ1v) is 11.6. The van der Waals surface area contributed by atoms with Crippen LogP contribution in [0.15, 0.2) is 102 Å². The molecule has 0 spiro atoms. The molecule has 0 unspecified atom stereocenters. The van der Waals surface area contributed by atoms with E-state index in [9.17, 15) is 23.1 Å². The van der Waals surface area contributed by atoms with Crippen LogP contribution in [0.2, 0.25) is 0 Å². The smallest absolute Gasteiger partial charge is 0.431 e. The van der Waals surface area contributed by atoms with Crippen molar-refractivity contribution in [1.29, 1.82) is 0 Å². The molecule has 5 aromatic rings. The first-order chi connectivity index (χ1) is 18.3. The van der Waals surface area contributed by atoms with Crippen molar-refractivity contribution >= 4 is 5.65 Å². The van der Waals surface area contributed by atoms with E-state index in [1.54, 1.807) is 98.1 Å². The van der Waals surface area contributed by atoms with Crippen LogP contribution in [0.1, 0.15) is 11.1 Å². The minimum Gasteiger partial charge on any atom is -0.497 e. The number of rotatable bonds is 6. The third-order valence-electron chi connectivity index (χ3n) is 6.05. The van der Waals surface area contributed by atoms with Crippen molar-refractivity contribution in [2.75, 3.05) is 7.11 Å². The highest BCUT2D eigenvalue weighted by Crippen LogP contribution is 2.32. The molecular weight excluding hydrogens is 497 g/mol. The van der Waals surface area contributed by atoms with Crippen molar-refractivity contribution < 1.29 is 32.3 Å². The van der Waals surface area contributed by atoms with Gasteiger partial charge in [-0.15, -0.1) is 0 Å². The van der Waals surface area contributed by atoms with E-state index in [4.69, 9.17) is 9.47 Å². The van der Waals surface area contributed by atoms with Crippen LogP contribution in [0.3, 0.4) is 0 Å². The summed E-state index contributed by atoms with van der Waals surface area (Å²) in [5.74, 6) is 0.644. The highest BCUT2D eigenvalue weighted by Gasteiger charge is 2.44. The van der Waals surface area contributed by atoms with E-state index >= 15 is 0 Å². The third kappa shape index (κ3) is 4.78. The summed E-state index contributed by atoms with van der Waals surface area (Å²) in [6, 6.07) is 27.0. The van der Waals surface area contributed by atoms with E-state index in [-0.39, 0.29) is 17.9 Å². The van der Waals surface area contributed by atoms with Gasteiger partial charge < -0.3 is 14.6 Å². The molecule has 0 aliphatic carbocycles. The number of hydrogen-bond donors (Lipinski definition) is 1. The van der Waals surface area contributed by atoms with Crippen molar-refractivity contribution in [2.45, 2.75) is 12.7 Å². The van der Waals surface area contributed by atoms with E-state index in [2.05, 4.69) is 0 Å². The fourth-order valence-corrected chi connectivity index (χ4v) is 4.24. The second-order valence-electron chi connectivity index (χ2n) is 8.48. The Morgan fingerprint density at radius 1 is 0.816 bits per heavy atom. The summed E-state index contributed by atoms with van der Waals surface area (Å²) in [5.41, 5.74) is -1.44. The van der Waals surface area contributed by atoms with Gasteiger partial charge in [0.1, 0.15) is 29.5 Å². The zero-order valence-corrected chi connectivity index (χ0v) is 20.1. The topological polar surface area (TPSA) is 64.0 Å². The minimum absolute atomic E-state index is 0.111. The van der Waals surface area contributed by atoms with Crippen LogP contribution in [-0.2, 0) is 12.7 Å². The van der Waals surface area contributed by atoms with Gasteiger partial charge in [-0.2, -0.15) is 22.1 Å². The van der Waals surface area contributed by atoms with Crippen LogP contribution in [0.4, 0.5) is 13.2 Å². The Morgan fingerprint density at radius 3 is 2.03 bits per heavy atom. The first-order valence-electron chi connectivity index (χ1n) is 11.6. The number of benzene rings is 3. The number of fused-ring (bicyclic) bond motifs is 1. The Hall–Kier alpha value is -4.79. The summed E-state index contributed by atoms with van der Waals surface area (Å²) >= 11 is 0. The average molecular weight is 519 g/mol. The number of alkyl halides is 3. The highest BCUT2D eigenvalue weighted by molar-refractivity contribution is 5.62. The Balaban J connectivity index is 1.57. The molecule has 0 amide bonds. The Labute approximate surface area is 215 Å². The Bertz CT molecular complexity index is 1650. The molecule has 0 saturated heterocycles. The normalized spacial score (nSPS) is 11.5. The zero-order valence-electron chi connectivity index (χ0n) is 20.1. The molecule has 38 heavy (non-hydrogen) atoms. The average Bonchev–Trinajstić information content (AvgIpc) is 2.92. The number of aromatic nitrogens is 2. The molecule has 0 saturated carbocycles. The predicted octanol–water partition coefficient (Wildman–Crippen LogP) is 5.83. The standard InChI is InChI=1S/C29H21F3N2O4/c1-37-21-14-16-23(17-15-21)38-22-12-10-19(11-13-22)18-33-25-9-5-8-24(20-6-3-2-4-7-20)34(25)28(36)26(27(33)35)29(30,31)32/h2-17H,18H2,1H3/p+1. The van der Waals surface area contributed by atoms with Crippen molar-refractivity contribution in [3.8, 4) is 34.4 Å². The van der Waals surface area contributed by atoms with E-state index in [0.29, 0.717) is 28.4 Å². The second-order valence-corrected chi connectivity index (χ2v) is 8.48. The summed E-state index contributed by atoms with van der Waals surface area (Å²) in [6.07, 6.45) is -5.07. The Morgan fingerprint density at radius 2 is 1.42 bits per heavy atom. The van der Waals surface area contributed by atoms with Crippen LogP contribution in [0.5, 0.6) is 23.1 Å². The number of methoxy groups -OCH3 is 1. The van der Waals surface area contributed by atoms with E-state index in [0.717, 1.165) is 8.97 Å². The monoisotopic (exact) mass is 519 g/mol. The van der Waals surface area contributed by atoms with E-state index in [1.807, 2.05) is 0 Å². The number of pyridine rings is 1.